The van der Waals surface area contributed by atoms with Crippen LogP contribution in [0.5, 0.6) is 5.75 Å². The first-order valence-corrected chi connectivity index (χ1v) is 7.97. The van der Waals surface area contributed by atoms with E-state index in [9.17, 15) is 20.0 Å². The van der Waals surface area contributed by atoms with E-state index in [1.54, 1.807) is 0 Å². The molecule has 0 aliphatic carbocycles. The minimum atomic E-state index is -0.698. The molecule has 0 aliphatic rings. The number of benzene rings is 2. The maximum atomic E-state index is 12.1. The Balaban J connectivity index is 2.12. The third-order valence-corrected chi connectivity index (χ3v) is 4.01. The van der Waals surface area contributed by atoms with Crippen LogP contribution in [-0.4, -0.2) is 21.0 Å². The predicted octanol–water partition coefficient (Wildman–Crippen LogP) is 4.39. The second-order valence-electron chi connectivity index (χ2n) is 4.62. The zero-order valence-corrected chi connectivity index (χ0v) is 15.1. The van der Waals surface area contributed by atoms with Crippen LogP contribution in [0.4, 0.5) is 11.4 Å². The SMILES string of the molecule is O=C(NC(=S)Nc1cc(Cl)c(O)c(Cl)c1)c1ccc(Cl)c([N+](=O)[O-])c1. The van der Waals surface area contributed by atoms with E-state index in [0.717, 1.165) is 6.07 Å². The standard InChI is InChI=1S/C14H8Cl3N3O4S/c15-8-2-1-6(3-11(8)20(23)24)13(22)19-14(25)18-7-4-9(16)12(21)10(17)5-7/h1-5,21H,(H2,18,19,22,25). The highest BCUT2D eigenvalue weighted by Gasteiger charge is 2.17. The average molecular weight is 421 g/mol. The average Bonchev–Trinajstić information content (AvgIpc) is 2.52. The zero-order chi connectivity index (χ0) is 18.7. The normalized spacial score (nSPS) is 10.2. The third kappa shape index (κ3) is 4.70. The molecule has 0 unspecified atom stereocenters. The Morgan fingerprint density at radius 1 is 1.12 bits per heavy atom. The highest BCUT2D eigenvalue weighted by molar-refractivity contribution is 7.80. The summed E-state index contributed by atoms with van der Waals surface area (Å²) in [6.07, 6.45) is 0. The summed E-state index contributed by atoms with van der Waals surface area (Å²) >= 11 is 22.3. The van der Waals surface area contributed by atoms with Gasteiger partial charge in [-0.3, -0.25) is 20.2 Å². The number of nitro groups is 1. The molecule has 0 aliphatic heterocycles. The number of hydrogen-bond acceptors (Lipinski definition) is 5. The van der Waals surface area contributed by atoms with Crippen molar-refractivity contribution >= 4 is 69.4 Å². The number of carbonyl (C=O) groups is 1. The zero-order valence-electron chi connectivity index (χ0n) is 12.0. The van der Waals surface area contributed by atoms with Crippen molar-refractivity contribution in [2.75, 3.05) is 5.32 Å². The van der Waals surface area contributed by atoms with Crippen molar-refractivity contribution in [1.82, 2.24) is 5.32 Å². The van der Waals surface area contributed by atoms with E-state index in [-0.39, 0.29) is 31.5 Å². The molecule has 0 saturated heterocycles. The molecule has 1 amide bonds. The molecule has 0 fully saturated rings. The molecule has 130 valence electrons. The smallest absolute Gasteiger partial charge is 0.288 e. The molecule has 0 radical (unpaired) electrons. The van der Waals surface area contributed by atoms with Crippen molar-refractivity contribution in [3.63, 3.8) is 0 Å². The Kier molecular flexibility index (Phi) is 6.02. The van der Waals surface area contributed by atoms with Gasteiger partial charge in [0, 0.05) is 17.3 Å². The lowest BCUT2D eigenvalue weighted by Crippen LogP contribution is -2.34. The van der Waals surface area contributed by atoms with Crippen LogP contribution in [0.15, 0.2) is 30.3 Å². The molecule has 3 N–H and O–H groups in total. The lowest BCUT2D eigenvalue weighted by molar-refractivity contribution is -0.384. The molecule has 2 aromatic rings. The number of carbonyl (C=O) groups excluding carboxylic acids is 1. The molecular formula is C14H8Cl3N3O4S. The van der Waals surface area contributed by atoms with Gasteiger partial charge in [0.05, 0.1) is 15.0 Å². The summed E-state index contributed by atoms with van der Waals surface area (Å²) in [5, 5.41) is 25.2. The van der Waals surface area contributed by atoms with Crippen LogP contribution in [0.2, 0.25) is 15.1 Å². The Morgan fingerprint density at radius 3 is 2.28 bits per heavy atom. The van der Waals surface area contributed by atoms with Gasteiger partial charge in [0.1, 0.15) is 5.02 Å². The summed E-state index contributed by atoms with van der Waals surface area (Å²) in [5.41, 5.74) is -0.0625. The first kappa shape index (κ1) is 19.2. The van der Waals surface area contributed by atoms with Gasteiger partial charge in [-0.05, 0) is 36.5 Å². The van der Waals surface area contributed by atoms with E-state index in [0.29, 0.717) is 5.69 Å². The molecule has 0 bridgehead atoms. The van der Waals surface area contributed by atoms with Gasteiger partial charge in [0.2, 0.25) is 0 Å². The van der Waals surface area contributed by atoms with Crippen LogP contribution < -0.4 is 10.6 Å². The predicted molar refractivity (Wildman–Crippen MR) is 99.9 cm³/mol. The number of amides is 1. The third-order valence-electron chi connectivity index (χ3n) is 2.91. The van der Waals surface area contributed by atoms with Crippen molar-refractivity contribution in [1.29, 1.82) is 0 Å². The number of phenols is 1. The number of nitrogens with zero attached hydrogens (tertiary/aromatic N) is 1. The highest BCUT2D eigenvalue weighted by Crippen LogP contribution is 2.34. The van der Waals surface area contributed by atoms with Crippen LogP contribution >= 0.6 is 47.0 Å². The second kappa shape index (κ2) is 7.83. The van der Waals surface area contributed by atoms with Gasteiger partial charge in [-0.15, -0.1) is 0 Å². The molecule has 7 nitrogen and oxygen atoms in total. The number of nitro benzene ring substituents is 1. The van der Waals surface area contributed by atoms with E-state index in [1.807, 2.05) is 0 Å². The van der Waals surface area contributed by atoms with Crippen LogP contribution in [0.3, 0.4) is 0 Å². The summed E-state index contributed by atoms with van der Waals surface area (Å²) in [6.45, 7) is 0. The minimum absolute atomic E-state index is 0.00187. The number of aromatic hydroxyl groups is 1. The fourth-order valence-electron chi connectivity index (χ4n) is 1.77. The lowest BCUT2D eigenvalue weighted by Gasteiger charge is -2.11. The first-order chi connectivity index (χ1) is 11.7. The quantitative estimate of drug-likeness (QED) is 0.294. The number of halogens is 3. The van der Waals surface area contributed by atoms with Gasteiger partial charge in [0.25, 0.3) is 11.6 Å². The van der Waals surface area contributed by atoms with Crippen molar-refractivity contribution in [3.8, 4) is 5.75 Å². The lowest BCUT2D eigenvalue weighted by atomic mass is 10.2. The minimum Gasteiger partial charge on any atom is -0.505 e. The summed E-state index contributed by atoms with van der Waals surface area (Å²) in [7, 11) is 0. The van der Waals surface area contributed by atoms with Crippen LogP contribution in [-0.2, 0) is 0 Å². The fraction of sp³-hybridized carbons (Fsp3) is 0. The number of nitrogens with one attached hydrogen (secondary N) is 2. The molecule has 0 spiro atoms. The fourth-order valence-corrected chi connectivity index (χ4v) is 2.65. The van der Waals surface area contributed by atoms with Gasteiger partial charge in [-0.2, -0.15) is 0 Å². The summed E-state index contributed by atoms with van der Waals surface area (Å²) in [5.74, 6) is -0.953. The van der Waals surface area contributed by atoms with Gasteiger partial charge < -0.3 is 10.4 Å². The van der Waals surface area contributed by atoms with Crippen molar-refractivity contribution in [2.45, 2.75) is 0 Å². The maximum absolute atomic E-state index is 12.1. The monoisotopic (exact) mass is 419 g/mol. The van der Waals surface area contributed by atoms with Crippen molar-refractivity contribution < 1.29 is 14.8 Å². The molecule has 0 saturated carbocycles. The Bertz CT molecular complexity index is 869. The van der Waals surface area contributed by atoms with E-state index in [1.165, 1.54) is 24.3 Å². The van der Waals surface area contributed by atoms with Crippen molar-refractivity contribution in [3.05, 3.63) is 61.1 Å². The Labute approximate surface area is 161 Å². The number of phenolic OH excluding ortho intramolecular Hbond substituents is 1. The molecule has 11 heteroatoms. The van der Waals surface area contributed by atoms with Crippen LogP contribution in [0, 0.1) is 10.1 Å². The van der Waals surface area contributed by atoms with Crippen molar-refractivity contribution in [2.24, 2.45) is 0 Å². The summed E-state index contributed by atoms with van der Waals surface area (Å²) in [4.78, 5) is 22.3. The molecule has 0 heterocycles. The molecule has 25 heavy (non-hydrogen) atoms. The first-order valence-electron chi connectivity index (χ1n) is 6.43. The topological polar surface area (TPSA) is 104 Å². The summed E-state index contributed by atoms with van der Waals surface area (Å²) in [6, 6.07) is 6.31. The van der Waals surface area contributed by atoms with Crippen LogP contribution in [0.25, 0.3) is 0 Å². The number of thiocarbonyl (C=S) groups is 1. The van der Waals surface area contributed by atoms with Crippen LogP contribution in [0.1, 0.15) is 10.4 Å². The van der Waals surface area contributed by atoms with Gasteiger partial charge in [-0.1, -0.05) is 34.8 Å². The highest BCUT2D eigenvalue weighted by atomic mass is 35.5. The number of rotatable bonds is 3. The van der Waals surface area contributed by atoms with Gasteiger partial charge >= 0.3 is 0 Å². The number of anilines is 1. The second-order valence-corrected chi connectivity index (χ2v) is 6.25. The van der Waals surface area contributed by atoms with Gasteiger partial charge in [0.15, 0.2) is 10.9 Å². The van der Waals surface area contributed by atoms with E-state index in [2.05, 4.69) is 10.6 Å². The van der Waals surface area contributed by atoms with Gasteiger partial charge in [-0.25, -0.2) is 0 Å². The molecule has 0 aromatic heterocycles. The molecular weight excluding hydrogens is 413 g/mol. The Hall–Kier alpha value is -2.13. The van der Waals surface area contributed by atoms with E-state index >= 15 is 0 Å². The Morgan fingerprint density at radius 2 is 1.72 bits per heavy atom. The van der Waals surface area contributed by atoms with E-state index in [4.69, 9.17) is 47.0 Å². The maximum Gasteiger partial charge on any atom is 0.288 e. The van der Waals surface area contributed by atoms with E-state index < -0.39 is 16.5 Å². The molecule has 0 atom stereocenters. The summed E-state index contributed by atoms with van der Waals surface area (Å²) < 4.78 is 0. The molecule has 2 rings (SSSR count). The molecule has 2 aromatic carbocycles. The largest absolute Gasteiger partial charge is 0.505 e. The number of hydrogen-bond donors (Lipinski definition) is 3.